The molecule has 4 radical (unpaired) electrons. The van der Waals surface area contributed by atoms with Crippen LogP contribution in [0.4, 0.5) is 0 Å². The van der Waals surface area contributed by atoms with E-state index < -0.39 is 43.3 Å². The van der Waals surface area contributed by atoms with Crippen molar-refractivity contribution in [2.45, 2.75) is 129 Å². The van der Waals surface area contributed by atoms with Gasteiger partial charge in [0.25, 0.3) is 0 Å². The van der Waals surface area contributed by atoms with Crippen LogP contribution in [0.15, 0.2) is 12.1 Å². The maximum absolute atomic E-state index is 6.11. The second-order valence-corrected chi connectivity index (χ2v) is 30.4. The average Bonchev–Trinajstić information content (AvgIpc) is 3.03. The molecule has 0 heterocycles. The summed E-state index contributed by atoms with van der Waals surface area (Å²) in [5, 5.41) is 11.0. The van der Waals surface area contributed by atoms with Crippen LogP contribution < -0.4 is 21.0 Å². The van der Waals surface area contributed by atoms with Crippen LogP contribution in [-0.2, 0) is 33.0 Å². The molecule has 1 aromatic carbocycles. The van der Waals surface area contributed by atoms with E-state index in [9.17, 15) is 0 Å². The first-order valence-electron chi connectivity index (χ1n) is 18.3. The Labute approximate surface area is 305 Å². The molecule has 1 aromatic rings. The van der Waals surface area contributed by atoms with Crippen molar-refractivity contribution in [3.05, 3.63) is 23.3 Å². The third kappa shape index (κ3) is 15.0. The third-order valence-corrected chi connectivity index (χ3v) is 23.4. The zero-order valence-electron chi connectivity index (χ0n) is 33.2. The van der Waals surface area contributed by atoms with Gasteiger partial charge in [-0.25, -0.2) is 0 Å². The third-order valence-electron chi connectivity index (χ3n) is 9.28. The van der Waals surface area contributed by atoms with E-state index in [0.29, 0.717) is 26.4 Å². The van der Waals surface area contributed by atoms with E-state index in [4.69, 9.17) is 26.6 Å². The summed E-state index contributed by atoms with van der Waals surface area (Å²) in [6.45, 7) is 31.8. The van der Waals surface area contributed by atoms with Gasteiger partial charge in [0.05, 0.1) is 27.1 Å². The Morgan fingerprint density at radius 1 is 0.729 bits per heavy atom. The highest BCUT2D eigenvalue weighted by Gasteiger charge is 2.39. The maximum atomic E-state index is 6.11. The van der Waals surface area contributed by atoms with Crippen molar-refractivity contribution in [1.82, 2.24) is 10.6 Å². The lowest BCUT2D eigenvalue weighted by molar-refractivity contribution is 0.188. The average molecular weight is 773 g/mol. The number of nitrogens with one attached hydrogen (secondary N) is 2. The molecule has 278 valence electrons. The smallest absolute Gasteiger partial charge is 0.341 e. The molecular weight excluding hydrogens is 701 g/mol. The first kappa shape index (κ1) is 46.2. The van der Waals surface area contributed by atoms with Gasteiger partial charge in [0.1, 0.15) is 0 Å². The van der Waals surface area contributed by atoms with Gasteiger partial charge in [0.15, 0.2) is 0 Å². The monoisotopic (exact) mass is 772 g/mol. The molecule has 2 N–H and O–H groups in total. The Hall–Kier alpha value is 0.201. The van der Waals surface area contributed by atoms with E-state index in [1.54, 1.807) is 15.9 Å². The summed E-state index contributed by atoms with van der Waals surface area (Å²) in [5.74, 6) is 0.275. The zero-order valence-corrected chi connectivity index (χ0v) is 39.2. The van der Waals surface area contributed by atoms with Crippen molar-refractivity contribution >= 4 is 63.2 Å². The van der Waals surface area contributed by atoms with Crippen molar-refractivity contribution in [1.29, 1.82) is 0 Å². The van der Waals surface area contributed by atoms with Gasteiger partial charge in [0.2, 0.25) is 0 Å². The second-order valence-electron chi connectivity index (χ2n) is 13.5. The van der Waals surface area contributed by atoms with Crippen LogP contribution in [-0.4, -0.2) is 112 Å². The number of hydrogen-bond donors (Lipinski definition) is 2. The van der Waals surface area contributed by atoms with Crippen LogP contribution in [0.3, 0.4) is 0 Å². The fourth-order valence-corrected chi connectivity index (χ4v) is 17.6. The van der Waals surface area contributed by atoms with Gasteiger partial charge in [-0.05, 0) is 97.3 Å². The van der Waals surface area contributed by atoms with Crippen LogP contribution in [0, 0.1) is 0 Å². The van der Waals surface area contributed by atoms with Gasteiger partial charge in [-0.15, -0.1) is 0 Å². The molecule has 0 spiro atoms. The van der Waals surface area contributed by atoms with Crippen LogP contribution in [0.25, 0.3) is 0 Å². The molecule has 0 saturated heterocycles. The fourth-order valence-electron chi connectivity index (χ4n) is 6.53. The summed E-state index contributed by atoms with van der Waals surface area (Å²) >= 11 is 0. The van der Waals surface area contributed by atoms with E-state index in [2.05, 4.69) is 103 Å². The van der Waals surface area contributed by atoms with Gasteiger partial charge in [-0.2, -0.15) is 0 Å². The van der Waals surface area contributed by atoms with Crippen molar-refractivity contribution in [3.63, 3.8) is 0 Å². The highest BCUT2D eigenvalue weighted by molar-refractivity contribution is 6.76. The molecule has 8 nitrogen and oxygen atoms in total. The van der Waals surface area contributed by atoms with Crippen molar-refractivity contribution < 1.29 is 26.6 Å². The molecule has 0 aliphatic rings. The fraction of sp³-hybridized carbons (Fsp3) is 0.824. The molecular formula is C34H72N2O6Si6. The Kier molecular flexibility index (Phi) is 22.8. The Balaban J connectivity index is 3.18. The minimum Gasteiger partial charge on any atom is -0.397 e. The first-order valence-corrected chi connectivity index (χ1v) is 32.1. The minimum absolute atomic E-state index is 0.267. The number of rotatable bonds is 28. The summed E-state index contributed by atoms with van der Waals surface area (Å²) in [7, 11) is -3.52. The SMILES string of the molecule is CCO[Si](C)(CCCNC(NCCC[Si](C)(OCC)OCC)[Si]CCc1c([Si](C)C)ccc(C(C)[Si](C)(OC)OC)c1[Si](C)C)OCC. The number of benzene rings is 1. The first-order chi connectivity index (χ1) is 22.7. The Morgan fingerprint density at radius 2 is 1.19 bits per heavy atom. The maximum Gasteiger partial charge on any atom is 0.341 e. The normalized spacial score (nSPS) is 13.8. The molecule has 0 amide bonds. The highest BCUT2D eigenvalue weighted by atomic mass is 28.4. The van der Waals surface area contributed by atoms with E-state index in [1.165, 1.54) is 5.56 Å². The molecule has 48 heavy (non-hydrogen) atoms. The van der Waals surface area contributed by atoms with Crippen LogP contribution in [0.2, 0.25) is 64.0 Å². The summed E-state index contributed by atoms with van der Waals surface area (Å²) < 4.78 is 36.5. The van der Waals surface area contributed by atoms with Crippen molar-refractivity contribution in [3.8, 4) is 0 Å². The molecule has 0 aliphatic carbocycles. The van der Waals surface area contributed by atoms with Gasteiger partial charge in [0, 0.05) is 52.0 Å². The lowest BCUT2D eigenvalue weighted by Gasteiger charge is -2.33. The Bertz CT molecular complexity index is 979. The van der Waals surface area contributed by atoms with Gasteiger partial charge in [-0.3, -0.25) is 0 Å². The zero-order chi connectivity index (χ0) is 36.4. The lowest BCUT2D eigenvalue weighted by Crippen LogP contribution is -2.49. The molecule has 0 aromatic heterocycles. The predicted octanol–water partition coefficient (Wildman–Crippen LogP) is 5.81. The summed E-state index contributed by atoms with van der Waals surface area (Å²) in [5.41, 5.74) is 3.34. The second kappa shape index (κ2) is 23.7. The number of hydrogen-bond acceptors (Lipinski definition) is 8. The topological polar surface area (TPSA) is 79.4 Å². The van der Waals surface area contributed by atoms with E-state index in [-0.39, 0.29) is 11.3 Å². The van der Waals surface area contributed by atoms with Gasteiger partial charge < -0.3 is 37.2 Å². The van der Waals surface area contributed by atoms with E-state index >= 15 is 0 Å². The van der Waals surface area contributed by atoms with Gasteiger partial charge in [-0.1, -0.05) is 67.2 Å². The molecule has 1 atom stereocenters. The summed E-state index contributed by atoms with van der Waals surface area (Å²) in [4.78, 5) is 0. The van der Waals surface area contributed by atoms with Gasteiger partial charge >= 0.3 is 25.7 Å². The van der Waals surface area contributed by atoms with Crippen LogP contribution in [0.1, 0.15) is 64.1 Å². The predicted molar refractivity (Wildman–Crippen MR) is 217 cm³/mol. The van der Waals surface area contributed by atoms with Crippen molar-refractivity contribution in [2.75, 3.05) is 53.7 Å². The van der Waals surface area contributed by atoms with Crippen LogP contribution in [0.5, 0.6) is 0 Å². The molecule has 0 aliphatic heterocycles. The highest BCUT2D eigenvalue weighted by Crippen LogP contribution is 2.28. The molecule has 14 heteroatoms. The summed E-state index contributed by atoms with van der Waals surface area (Å²) in [6.07, 6.45) is 3.22. The standard InChI is InChI=1S/C34H72N2O6Si6/c1-15-39-46(12,40-16-2)27-19-24-35-34(36-25-20-28-47(13,41-17-3)42-18-4)43-26-23-31-32(44(8)9)22-21-30(33(31)45(10)11)29(5)48(14,37-6)38-7/h21-22,29,34-36H,15-20,23-28H2,1-14H3. The molecule has 1 rings (SSSR count). The molecule has 0 fully saturated rings. The minimum atomic E-state index is -2.35. The summed E-state index contributed by atoms with van der Waals surface area (Å²) in [6, 6.07) is 8.01. The molecule has 1 unspecified atom stereocenters. The van der Waals surface area contributed by atoms with E-state index in [0.717, 1.165) is 60.0 Å². The molecule has 0 bridgehead atoms. The van der Waals surface area contributed by atoms with E-state index in [1.807, 2.05) is 14.2 Å². The quantitative estimate of drug-likeness (QED) is 0.0628. The van der Waals surface area contributed by atoms with Crippen LogP contribution >= 0.6 is 0 Å². The Morgan fingerprint density at radius 3 is 1.56 bits per heavy atom. The largest absolute Gasteiger partial charge is 0.397 e. The van der Waals surface area contributed by atoms with Crippen molar-refractivity contribution in [2.24, 2.45) is 0 Å². The lowest BCUT2D eigenvalue weighted by atomic mass is 10.1. The molecule has 0 saturated carbocycles.